The van der Waals surface area contributed by atoms with E-state index in [1.165, 1.54) is 17.3 Å². The molecule has 2 atom stereocenters. The molecule has 1 aromatic heterocycles. The van der Waals surface area contributed by atoms with Gasteiger partial charge < -0.3 is 14.6 Å². The highest BCUT2D eigenvalue weighted by atomic mass is 16.5. The van der Waals surface area contributed by atoms with Gasteiger partial charge in [-0.2, -0.15) is 5.10 Å². The standard InChI is InChI=1S/C17H21N3O3/c1-5-10-22-13-6-8-14(9-7-13)23-16(15(21)17(2,3)4)20-12-18-11-19-20/h1,6-9,11-12,15-16,21H,10H2,2-4H3. The van der Waals surface area contributed by atoms with Crippen LogP contribution in [0.3, 0.4) is 0 Å². The summed E-state index contributed by atoms with van der Waals surface area (Å²) < 4.78 is 12.7. The lowest BCUT2D eigenvalue weighted by Gasteiger charge is -2.32. The molecular weight excluding hydrogens is 294 g/mol. The van der Waals surface area contributed by atoms with Gasteiger partial charge in [-0.25, -0.2) is 9.67 Å². The van der Waals surface area contributed by atoms with Crippen LogP contribution in [0.4, 0.5) is 0 Å². The monoisotopic (exact) mass is 315 g/mol. The molecule has 0 saturated heterocycles. The summed E-state index contributed by atoms with van der Waals surface area (Å²) in [6.45, 7) is 6.01. The third kappa shape index (κ3) is 4.47. The first-order valence-electron chi connectivity index (χ1n) is 7.27. The van der Waals surface area contributed by atoms with Crippen LogP contribution in [0, 0.1) is 17.8 Å². The molecule has 1 aromatic carbocycles. The van der Waals surface area contributed by atoms with Crippen LogP contribution in [0.15, 0.2) is 36.9 Å². The Bertz CT molecular complexity index is 639. The predicted molar refractivity (Wildman–Crippen MR) is 85.9 cm³/mol. The van der Waals surface area contributed by atoms with Crippen molar-refractivity contribution in [3.05, 3.63) is 36.9 Å². The molecule has 0 spiro atoms. The van der Waals surface area contributed by atoms with E-state index in [1.54, 1.807) is 24.3 Å². The number of benzene rings is 1. The van der Waals surface area contributed by atoms with E-state index in [0.717, 1.165) is 0 Å². The Labute approximate surface area is 136 Å². The summed E-state index contributed by atoms with van der Waals surface area (Å²) in [5.41, 5.74) is -0.382. The van der Waals surface area contributed by atoms with Crippen molar-refractivity contribution in [3.8, 4) is 23.8 Å². The second-order valence-electron chi connectivity index (χ2n) is 6.16. The topological polar surface area (TPSA) is 69.4 Å². The fourth-order valence-electron chi connectivity index (χ4n) is 1.92. The maximum atomic E-state index is 10.6. The first kappa shape index (κ1) is 16.8. The van der Waals surface area contributed by atoms with Crippen LogP contribution in [0.2, 0.25) is 0 Å². The van der Waals surface area contributed by atoms with Gasteiger partial charge in [-0.05, 0) is 29.7 Å². The molecule has 0 aliphatic heterocycles. The zero-order chi connectivity index (χ0) is 16.9. The summed E-state index contributed by atoms with van der Waals surface area (Å²) in [5.74, 6) is 3.65. The number of hydrogen-bond acceptors (Lipinski definition) is 5. The highest BCUT2D eigenvalue weighted by molar-refractivity contribution is 5.31. The largest absolute Gasteiger partial charge is 0.481 e. The Balaban J connectivity index is 2.16. The molecule has 122 valence electrons. The van der Waals surface area contributed by atoms with Crippen molar-refractivity contribution in [1.82, 2.24) is 14.8 Å². The molecule has 0 saturated carbocycles. The Hall–Kier alpha value is -2.52. The molecule has 0 radical (unpaired) electrons. The van der Waals surface area contributed by atoms with Crippen molar-refractivity contribution >= 4 is 0 Å². The number of hydrogen-bond donors (Lipinski definition) is 1. The van der Waals surface area contributed by atoms with Crippen molar-refractivity contribution in [1.29, 1.82) is 0 Å². The van der Waals surface area contributed by atoms with Gasteiger partial charge in [0.15, 0.2) is 0 Å². The van der Waals surface area contributed by atoms with Gasteiger partial charge in [0, 0.05) is 0 Å². The zero-order valence-electron chi connectivity index (χ0n) is 13.5. The molecule has 0 bridgehead atoms. The molecule has 23 heavy (non-hydrogen) atoms. The van der Waals surface area contributed by atoms with Gasteiger partial charge in [0.05, 0.1) is 0 Å². The van der Waals surface area contributed by atoms with Crippen molar-refractivity contribution in [3.63, 3.8) is 0 Å². The van der Waals surface area contributed by atoms with Crippen molar-refractivity contribution in [2.45, 2.75) is 33.1 Å². The minimum absolute atomic E-state index is 0.213. The maximum Gasteiger partial charge on any atom is 0.219 e. The van der Waals surface area contributed by atoms with Crippen LogP contribution in [-0.2, 0) is 0 Å². The van der Waals surface area contributed by atoms with Crippen LogP contribution in [0.1, 0.15) is 27.0 Å². The second-order valence-corrected chi connectivity index (χ2v) is 6.16. The molecule has 1 heterocycles. The SMILES string of the molecule is C#CCOc1ccc(OC(C(O)C(C)(C)C)n2cncn2)cc1. The number of aliphatic hydroxyl groups is 1. The highest BCUT2D eigenvalue weighted by Gasteiger charge is 2.34. The molecule has 0 aliphatic carbocycles. The number of aliphatic hydroxyl groups excluding tert-OH is 1. The summed E-state index contributed by atoms with van der Waals surface area (Å²) in [6, 6.07) is 7.03. The lowest BCUT2D eigenvalue weighted by atomic mass is 9.88. The van der Waals surface area contributed by atoms with Crippen LogP contribution < -0.4 is 9.47 Å². The smallest absolute Gasteiger partial charge is 0.219 e. The van der Waals surface area contributed by atoms with Gasteiger partial charge in [0.1, 0.15) is 36.9 Å². The number of aromatic nitrogens is 3. The summed E-state index contributed by atoms with van der Waals surface area (Å²) in [7, 11) is 0. The lowest BCUT2D eigenvalue weighted by Crippen LogP contribution is -2.38. The van der Waals surface area contributed by atoms with Gasteiger partial charge in [-0.1, -0.05) is 26.7 Å². The molecule has 6 nitrogen and oxygen atoms in total. The van der Waals surface area contributed by atoms with Crippen molar-refractivity contribution < 1.29 is 14.6 Å². The second kappa shape index (κ2) is 7.16. The minimum atomic E-state index is -0.776. The number of terminal acetylenes is 1. The summed E-state index contributed by atoms with van der Waals surface area (Å²) >= 11 is 0. The molecule has 0 aliphatic rings. The molecule has 2 aromatic rings. The first-order chi connectivity index (χ1) is 10.9. The molecule has 0 amide bonds. The van der Waals surface area contributed by atoms with E-state index < -0.39 is 12.3 Å². The van der Waals surface area contributed by atoms with Gasteiger partial charge in [-0.3, -0.25) is 0 Å². The van der Waals surface area contributed by atoms with E-state index in [2.05, 4.69) is 16.0 Å². The normalized spacial score (nSPS) is 13.9. The van der Waals surface area contributed by atoms with Gasteiger partial charge in [0.25, 0.3) is 0 Å². The van der Waals surface area contributed by atoms with Crippen molar-refractivity contribution in [2.24, 2.45) is 5.41 Å². The van der Waals surface area contributed by atoms with Crippen molar-refractivity contribution in [2.75, 3.05) is 6.61 Å². The van der Waals surface area contributed by atoms with Crippen LogP contribution in [0.25, 0.3) is 0 Å². The Morgan fingerprint density at radius 1 is 1.26 bits per heavy atom. The number of nitrogens with zero attached hydrogens (tertiary/aromatic N) is 3. The van der Waals surface area contributed by atoms with Gasteiger partial charge >= 0.3 is 0 Å². The average Bonchev–Trinajstić information content (AvgIpc) is 3.04. The molecule has 6 heteroatoms. The van der Waals surface area contributed by atoms with E-state index in [4.69, 9.17) is 15.9 Å². The summed E-state index contributed by atoms with van der Waals surface area (Å²) in [4.78, 5) is 3.92. The number of ether oxygens (including phenoxy) is 2. The fourth-order valence-corrected chi connectivity index (χ4v) is 1.92. The molecular formula is C17H21N3O3. The van der Waals surface area contributed by atoms with E-state index in [-0.39, 0.29) is 12.0 Å². The average molecular weight is 315 g/mol. The number of rotatable bonds is 6. The van der Waals surface area contributed by atoms with E-state index in [1.807, 2.05) is 20.8 Å². The van der Waals surface area contributed by atoms with E-state index >= 15 is 0 Å². The van der Waals surface area contributed by atoms with Crippen LogP contribution in [-0.4, -0.2) is 32.6 Å². The summed E-state index contributed by atoms with van der Waals surface area (Å²) in [5, 5.41) is 14.7. The summed E-state index contributed by atoms with van der Waals surface area (Å²) in [6.07, 6.45) is 6.62. The molecule has 2 unspecified atom stereocenters. The first-order valence-corrected chi connectivity index (χ1v) is 7.27. The van der Waals surface area contributed by atoms with E-state index in [0.29, 0.717) is 11.5 Å². The third-order valence-electron chi connectivity index (χ3n) is 3.26. The molecule has 1 N–H and O–H groups in total. The highest BCUT2D eigenvalue weighted by Crippen LogP contribution is 2.30. The minimum Gasteiger partial charge on any atom is -0.481 e. The predicted octanol–water partition coefficient (Wildman–Crippen LogP) is 2.27. The Morgan fingerprint density at radius 3 is 2.43 bits per heavy atom. The van der Waals surface area contributed by atoms with Gasteiger partial charge in [0.2, 0.25) is 6.23 Å². The van der Waals surface area contributed by atoms with Crippen LogP contribution in [0.5, 0.6) is 11.5 Å². The Kier molecular flexibility index (Phi) is 5.24. The fraction of sp³-hybridized carbons (Fsp3) is 0.412. The third-order valence-corrected chi connectivity index (χ3v) is 3.26. The molecule has 0 fully saturated rings. The van der Waals surface area contributed by atoms with Gasteiger partial charge in [-0.15, -0.1) is 6.42 Å². The zero-order valence-corrected chi connectivity index (χ0v) is 13.5. The lowest BCUT2D eigenvalue weighted by molar-refractivity contribution is -0.0731. The van der Waals surface area contributed by atoms with Crippen LogP contribution >= 0.6 is 0 Å². The quantitative estimate of drug-likeness (QED) is 0.828. The Morgan fingerprint density at radius 2 is 1.91 bits per heavy atom. The maximum absolute atomic E-state index is 10.6. The molecule has 2 rings (SSSR count). The van der Waals surface area contributed by atoms with E-state index in [9.17, 15) is 5.11 Å².